The van der Waals surface area contributed by atoms with E-state index in [1.165, 1.54) is 55.6 Å². The summed E-state index contributed by atoms with van der Waals surface area (Å²) in [6, 6.07) is 95.3. The zero-order chi connectivity index (χ0) is 46.7. The lowest BCUT2D eigenvalue weighted by Crippen LogP contribution is -2.32. The Bertz CT molecular complexity index is 4020. The van der Waals surface area contributed by atoms with Crippen molar-refractivity contribution in [3.05, 3.63) is 305 Å². The van der Waals surface area contributed by atoms with Gasteiger partial charge in [-0.3, -0.25) is 0 Å². The third-order valence-corrected chi connectivity index (χ3v) is 15.6. The van der Waals surface area contributed by atoms with Gasteiger partial charge in [0.2, 0.25) is 0 Å². The zero-order valence-corrected chi connectivity index (χ0v) is 38.6. The predicted molar refractivity (Wildman–Crippen MR) is 289 cm³/mol. The fourth-order valence-corrected chi connectivity index (χ4v) is 12.8. The van der Waals surface area contributed by atoms with Crippen LogP contribution in [0.1, 0.15) is 44.5 Å². The van der Waals surface area contributed by atoms with Crippen molar-refractivity contribution in [2.24, 2.45) is 0 Å². The summed E-state index contributed by atoms with van der Waals surface area (Å²) in [5.41, 5.74) is 20.5. The SMILES string of the molecule is c1ccc(-c2ccc3oc4cccc(N(c5cccc(C6(c7ccccc7)c7ccccc7-c7ccccc76)c5)c5ccc6c(c5)C5(c7ccccc7O6)c6ccccc6-c6ccccc65)c4c3c2)cc1. The number of hydrogen-bond acceptors (Lipinski definition) is 3. The van der Waals surface area contributed by atoms with Gasteiger partial charge in [-0.2, -0.15) is 0 Å². The van der Waals surface area contributed by atoms with E-state index >= 15 is 0 Å². The maximum absolute atomic E-state index is 6.99. The second kappa shape index (κ2) is 15.2. The summed E-state index contributed by atoms with van der Waals surface area (Å²) < 4.78 is 13.8. The molecule has 1 aromatic heterocycles. The van der Waals surface area contributed by atoms with Crippen LogP contribution in [-0.4, -0.2) is 0 Å². The van der Waals surface area contributed by atoms with Crippen LogP contribution < -0.4 is 9.64 Å². The molecule has 0 radical (unpaired) electrons. The summed E-state index contributed by atoms with van der Waals surface area (Å²) in [5.74, 6) is 1.71. The van der Waals surface area contributed by atoms with E-state index in [0.717, 1.165) is 72.8 Å². The number of furan rings is 1. The van der Waals surface area contributed by atoms with Gasteiger partial charge in [0.05, 0.1) is 21.9 Å². The van der Waals surface area contributed by atoms with Crippen molar-refractivity contribution in [1.29, 1.82) is 0 Å². The monoisotopic (exact) mass is 905 g/mol. The maximum Gasteiger partial charge on any atom is 0.137 e. The van der Waals surface area contributed by atoms with E-state index in [4.69, 9.17) is 9.15 Å². The molecule has 3 nitrogen and oxygen atoms in total. The molecule has 0 fully saturated rings. The van der Waals surface area contributed by atoms with E-state index in [1.807, 2.05) is 0 Å². The normalized spacial score (nSPS) is 14.0. The Morgan fingerprint density at radius 1 is 0.310 bits per heavy atom. The highest BCUT2D eigenvalue weighted by Crippen LogP contribution is 2.63. The molecule has 15 rings (SSSR count). The van der Waals surface area contributed by atoms with Crippen LogP contribution in [0.25, 0.3) is 55.3 Å². The number of para-hydroxylation sites is 1. The van der Waals surface area contributed by atoms with Gasteiger partial charge in [0, 0.05) is 27.9 Å². The number of ether oxygens (including phenoxy) is 1. The second-order valence-electron chi connectivity index (χ2n) is 19.0. The molecule has 0 saturated heterocycles. The molecule has 3 aliphatic rings. The van der Waals surface area contributed by atoms with Gasteiger partial charge >= 0.3 is 0 Å². The van der Waals surface area contributed by atoms with E-state index < -0.39 is 10.8 Å². The Labute approximate surface area is 412 Å². The fraction of sp³-hybridized carbons (Fsp3) is 0.0294. The number of hydrogen-bond donors (Lipinski definition) is 0. The minimum atomic E-state index is -0.644. The number of rotatable bonds is 6. The summed E-state index contributed by atoms with van der Waals surface area (Å²) in [5, 5.41) is 2.11. The molecule has 0 unspecified atom stereocenters. The summed E-state index contributed by atoms with van der Waals surface area (Å²) in [6.45, 7) is 0. The third-order valence-electron chi connectivity index (χ3n) is 15.6. The van der Waals surface area contributed by atoms with Crippen molar-refractivity contribution in [1.82, 2.24) is 0 Å². The highest BCUT2D eigenvalue weighted by Gasteiger charge is 2.51. The van der Waals surface area contributed by atoms with Gasteiger partial charge in [-0.25, -0.2) is 0 Å². The van der Waals surface area contributed by atoms with E-state index in [-0.39, 0.29) is 0 Å². The lowest BCUT2D eigenvalue weighted by molar-refractivity contribution is 0.436. The summed E-state index contributed by atoms with van der Waals surface area (Å²) in [7, 11) is 0. The molecule has 12 aromatic rings. The first-order valence-corrected chi connectivity index (χ1v) is 24.5. The molecule has 0 N–H and O–H groups in total. The Kier molecular flexibility index (Phi) is 8.49. The van der Waals surface area contributed by atoms with Crippen molar-refractivity contribution in [2.45, 2.75) is 10.8 Å². The van der Waals surface area contributed by atoms with Gasteiger partial charge < -0.3 is 14.1 Å². The van der Waals surface area contributed by atoms with E-state index in [0.29, 0.717) is 0 Å². The molecule has 1 spiro atoms. The molecular weight excluding hydrogens is 863 g/mol. The molecule has 11 aromatic carbocycles. The number of fused-ring (bicyclic) bond motifs is 15. The van der Waals surface area contributed by atoms with Crippen LogP contribution in [0.2, 0.25) is 0 Å². The summed E-state index contributed by atoms with van der Waals surface area (Å²) >= 11 is 0. The average molecular weight is 906 g/mol. The molecule has 3 heteroatoms. The molecule has 71 heavy (non-hydrogen) atoms. The lowest BCUT2D eigenvalue weighted by atomic mass is 9.66. The first-order valence-electron chi connectivity index (χ1n) is 24.5. The van der Waals surface area contributed by atoms with Crippen molar-refractivity contribution in [3.8, 4) is 44.9 Å². The Hall–Kier alpha value is -9.18. The molecule has 0 bridgehead atoms. The van der Waals surface area contributed by atoms with E-state index in [2.05, 4.69) is 266 Å². The Morgan fingerprint density at radius 2 is 0.845 bits per heavy atom. The van der Waals surface area contributed by atoms with Crippen LogP contribution in [0.5, 0.6) is 11.5 Å². The van der Waals surface area contributed by atoms with E-state index in [1.54, 1.807) is 0 Å². The van der Waals surface area contributed by atoms with Crippen LogP contribution in [0.4, 0.5) is 17.1 Å². The van der Waals surface area contributed by atoms with Crippen molar-refractivity contribution in [2.75, 3.05) is 4.90 Å². The molecule has 0 saturated carbocycles. The molecule has 2 heterocycles. The average Bonchev–Trinajstić information content (AvgIpc) is 4.07. The molecule has 1 aliphatic heterocycles. The second-order valence-corrected chi connectivity index (χ2v) is 19.0. The maximum atomic E-state index is 6.99. The molecule has 0 atom stereocenters. The highest BCUT2D eigenvalue weighted by molar-refractivity contribution is 6.14. The lowest BCUT2D eigenvalue weighted by Gasteiger charge is -2.40. The number of anilines is 3. The molecule has 332 valence electrons. The Morgan fingerprint density at radius 3 is 1.52 bits per heavy atom. The predicted octanol–water partition coefficient (Wildman–Crippen LogP) is 17.6. The first-order chi connectivity index (χ1) is 35.2. The fourth-order valence-electron chi connectivity index (χ4n) is 12.8. The van der Waals surface area contributed by atoms with Crippen LogP contribution in [0.3, 0.4) is 0 Å². The first kappa shape index (κ1) is 39.8. The highest BCUT2D eigenvalue weighted by atomic mass is 16.5. The van der Waals surface area contributed by atoms with Gasteiger partial charge in [0.15, 0.2) is 0 Å². The van der Waals surface area contributed by atoms with Gasteiger partial charge in [-0.05, 0) is 127 Å². The van der Waals surface area contributed by atoms with Crippen LogP contribution in [0, 0.1) is 0 Å². The van der Waals surface area contributed by atoms with Gasteiger partial charge in [-0.15, -0.1) is 0 Å². The van der Waals surface area contributed by atoms with Gasteiger partial charge in [-0.1, -0.05) is 200 Å². The van der Waals surface area contributed by atoms with Crippen LogP contribution in [-0.2, 0) is 10.8 Å². The largest absolute Gasteiger partial charge is 0.457 e. The summed E-state index contributed by atoms with van der Waals surface area (Å²) in [4.78, 5) is 2.46. The zero-order valence-electron chi connectivity index (χ0n) is 38.6. The number of nitrogens with zero attached hydrogens (tertiary/aromatic N) is 1. The molecule has 2 aliphatic carbocycles. The minimum absolute atomic E-state index is 0.593. The van der Waals surface area contributed by atoms with Crippen molar-refractivity contribution in [3.63, 3.8) is 0 Å². The van der Waals surface area contributed by atoms with E-state index in [9.17, 15) is 0 Å². The minimum Gasteiger partial charge on any atom is -0.457 e. The Balaban J connectivity index is 1.03. The third kappa shape index (κ3) is 5.49. The van der Waals surface area contributed by atoms with Gasteiger partial charge in [0.1, 0.15) is 22.7 Å². The van der Waals surface area contributed by atoms with Gasteiger partial charge in [0.25, 0.3) is 0 Å². The van der Waals surface area contributed by atoms with Crippen LogP contribution in [0.15, 0.2) is 265 Å². The van der Waals surface area contributed by atoms with Crippen LogP contribution >= 0.6 is 0 Å². The number of benzene rings is 11. The van der Waals surface area contributed by atoms with Crippen molar-refractivity contribution < 1.29 is 9.15 Å². The quantitative estimate of drug-likeness (QED) is 0.166. The summed E-state index contributed by atoms with van der Waals surface area (Å²) in [6.07, 6.45) is 0. The standard InChI is InChI=1S/C68H43NO2/c1-3-19-44(20-4-1)45-37-39-62-54(41-45)66-61(34-18-36-65(66)70-62)69(48-24-17-23-47(42-48)67(46-21-5-2-6-22-46)55-29-11-7-25-50(55)51-26-8-12-30-56(51)67)49-38-40-64-60(43-49)68(59-33-15-16-35-63(59)71-64)57-31-13-9-27-52(57)53-28-10-14-32-58(53)68/h1-43H. The molecule has 0 amide bonds. The smallest absolute Gasteiger partial charge is 0.137 e. The topological polar surface area (TPSA) is 25.6 Å². The van der Waals surface area contributed by atoms with Crippen molar-refractivity contribution >= 4 is 39.0 Å². The molecular formula is C68H43NO2.